The third-order valence-electron chi connectivity index (χ3n) is 3.83. The second kappa shape index (κ2) is 8.18. The van der Waals surface area contributed by atoms with Crippen molar-refractivity contribution in [3.8, 4) is 5.75 Å². The number of rotatable bonds is 5. The first-order valence-corrected chi connectivity index (χ1v) is 8.13. The smallest absolute Gasteiger partial charge is 0.315 e. The van der Waals surface area contributed by atoms with Gasteiger partial charge in [0.1, 0.15) is 5.75 Å². The van der Waals surface area contributed by atoms with E-state index >= 15 is 0 Å². The molecule has 1 aromatic carbocycles. The quantitative estimate of drug-likeness (QED) is 0.606. The molecule has 0 heterocycles. The molecule has 0 saturated heterocycles. The van der Waals surface area contributed by atoms with Crippen LogP contribution in [0.4, 0.5) is 0 Å². The van der Waals surface area contributed by atoms with Gasteiger partial charge < -0.3 is 9.47 Å². The fourth-order valence-corrected chi connectivity index (χ4v) is 2.91. The van der Waals surface area contributed by atoms with Gasteiger partial charge in [0.05, 0.1) is 18.4 Å². The summed E-state index contributed by atoms with van der Waals surface area (Å²) in [5.74, 6) is -1.08. The molecule has 0 aliphatic heterocycles. The SMILES string of the molecule is CCCOC(=O)C1CCCCC1C(=O)Oc1cccc(Cl)c1. The monoisotopic (exact) mass is 324 g/mol. The summed E-state index contributed by atoms with van der Waals surface area (Å²) >= 11 is 5.88. The fraction of sp³-hybridized carbons (Fsp3) is 0.529. The highest BCUT2D eigenvalue weighted by Crippen LogP contribution is 2.32. The Bertz CT molecular complexity index is 529. The Labute approximate surface area is 135 Å². The van der Waals surface area contributed by atoms with Gasteiger partial charge in [0.15, 0.2) is 0 Å². The summed E-state index contributed by atoms with van der Waals surface area (Å²) in [7, 11) is 0. The zero-order valence-electron chi connectivity index (χ0n) is 12.7. The van der Waals surface area contributed by atoms with Gasteiger partial charge in [-0.25, -0.2) is 0 Å². The van der Waals surface area contributed by atoms with E-state index in [9.17, 15) is 9.59 Å². The van der Waals surface area contributed by atoms with Crippen LogP contribution < -0.4 is 4.74 Å². The highest BCUT2D eigenvalue weighted by molar-refractivity contribution is 6.30. The lowest BCUT2D eigenvalue weighted by molar-refractivity contribution is -0.158. The fourth-order valence-electron chi connectivity index (χ4n) is 2.73. The summed E-state index contributed by atoms with van der Waals surface area (Å²) in [6.07, 6.45) is 3.97. The van der Waals surface area contributed by atoms with Crippen LogP contribution in [0.1, 0.15) is 39.0 Å². The van der Waals surface area contributed by atoms with Crippen LogP contribution in [0.25, 0.3) is 0 Å². The van der Waals surface area contributed by atoms with Gasteiger partial charge in [-0.3, -0.25) is 9.59 Å². The summed E-state index contributed by atoms with van der Waals surface area (Å²) in [5, 5.41) is 0.507. The summed E-state index contributed by atoms with van der Waals surface area (Å²) in [6, 6.07) is 6.70. The molecule has 2 unspecified atom stereocenters. The van der Waals surface area contributed by atoms with Crippen LogP contribution in [0.15, 0.2) is 24.3 Å². The second-order valence-corrected chi connectivity index (χ2v) is 5.98. The maximum Gasteiger partial charge on any atom is 0.315 e. The highest BCUT2D eigenvalue weighted by atomic mass is 35.5. The molecule has 1 aliphatic carbocycles. The molecule has 0 bridgehead atoms. The molecule has 1 fully saturated rings. The predicted octanol–water partition coefficient (Wildman–Crippen LogP) is 4.01. The lowest BCUT2D eigenvalue weighted by atomic mass is 9.79. The zero-order chi connectivity index (χ0) is 15.9. The van der Waals surface area contributed by atoms with Gasteiger partial charge in [0, 0.05) is 5.02 Å². The molecule has 2 atom stereocenters. The van der Waals surface area contributed by atoms with Crippen molar-refractivity contribution in [3.63, 3.8) is 0 Å². The number of hydrogen-bond donors (Lipinski definition) is 0. The largest absolute Gasteiger partial charge is 0.465 e. The minimum absolute atomic E-state index is 0.283. The van der Waals surface area contributed by atoms with E-state index in [1.165, 1.54) is 0 Å². The van der Waals surface area contributed by atoms with Crippen LogP contribution in [-0.2, 0) is 14.3 Å². The third-order valence-corrected chi connectivity index (χ3v) is 4.07. The third kappa shape index (κ3) is 4.47. The molecule has 0 radical (unpaired) electrons. The van der Waals surface area contributed by atoms with E-state index in [0.29, 0.717) is 30.2 Å². The molecule has 120 valence electrons. The van der Waals surface area contributed by atoms with Gasteiger partial charge in [-0.1, -0.05) is 37.4 Å². The lowest BCUT2D eigenvalue weighted by Crippen LogP contribution is -2.36. The molecule has 1 aromatic rings. The van der Waals surface area contributed by atoms with E-state index in [-0.39, 0.29) is 11.9 Å². The van der Waals surface area contributed by atoms with Crippen LogP contribution >= 0.6 is 11.6 Å². The van der Waals surface area contributed by atoms with E-state index in [1.807, 2.05) is 6.92 Å². The topological polar surface area (TPSA) is 52.6 Å². The molecule has 0 spiro atoms. The summed E-state index contributed by atoms with van der Waals surface area (Å²) in [5.41, 5.74) is 0. The number of halogens is 1. The van der Waals surface area contributed by atoms with Crippen LogP contribution in [0.2, 0.25) is 5.02 Å². The molecule has 22 heavy (non-hydrogen) atoms. The van der Waals surface area contributed by atoms with Crippen LogP contribution in [0.3, 0.4) is 0 Å². The second-order valence-electron chi connectivity index (χ2n) is 5.54. The van der Waals surface area contributed by atoms with E-state index in [1.54, 1.807) is 24.3 Å². The predicted molar refractivity (Wildman–Crippen MR) is 83.8 cm³/mol. The van der Waals surface area contributed by atoms with Crippen molar-refractivity contribution < 1.29 is 19.1 Å². The summed E-state index contributed by atoms with van der Waals surface area (Å²) in [4.78, 5) is 24.5. The van der Waals surface area contributed by atoms with Gasteiger partial charge in [-0.05, 0) is 37.5 Å². The molecule has 0 amide bonds. The van der Waals surface area contributed by atoms with Crippen LogP contribution in [0, 0.1) is 11.8 Å². The van der Waals surface area contributed by atoms with Gasteiger partial charge in [-0.15, -0.1) is 0 Å². The highest BCUT2D eigenvalue weighted by Gasteiger charge is 2.38. The number of ether oxygens (including phenoxy) is 2. The molecule has 0 aromatic heterocycles. The van der Waals surface area contributed by atoms with Crippen LogP contribution in [0.5, 0.6) is 5.75 Å². The minimum atomic E-state index is -0.433. The molecule has 0 N–H and O–H groups in total. The first-order chi connectivity index (χ1) is 10.6. The Morgan fingerprint density at radius 2 is 1.86 bits per heavy atom. The lowest BCUT2D eigenvalue weighted by Gasteiger charge is -2.28. The Kier molecular flexibility index (Phi) is 6.25. The molecular weight excluding hydrogens is 304 g/mol. The zero-order valence-corrected chi connectivity index (χ0v) is 13.5. The number of carbonyl (C=O) groups excluding carboxylic acids is 2. The Hall–Kier alpha value is -1.55. The van der Waals surface area contributed by atoms with Crippen molar-refractivity contribution in [1.29, 1.82) is 0 Å². The molecule has 5 heteroatoms. The Morgan fingerprint density at radius 3 is 2.50 bits per heavy atom. The van der Waals surface area contributed by atoms with E-state index in [0.717, 1.165) is 19.3 Å². The normalized spacial score (nSPS) is 21.2. The molecular formula is C17H21ClO4. The van der Waals surface area contributed by atoms with E-state index in [4.69, 9.17) is 21.1 Å². The van der Waals surface area contributed by atoms with E-state index < -0.39 is 11.8 Å². The number of esters is 2. The number of benzene rings is 1. The first kappa shape index (κ1) is 16.8. The van der Waals surface area contributed by atoms with E-state index in [2.05, 4.69) is 0 Å². The maximum atomic E-state index is 12.4. The van der Waals surface area contributed by atoms with Crippen molar-refractivity contribution in [3.05, 3.63) is 29.3 Å². The molecule has 1 aliphatic rings. The molecule has 2 rings (SSSR count). The average molecular weight is 325 g/mol. The van der Waals surface area contributed by atoms with Crippen molar-refractivity contribution in [2.75, 3.05) is 6.61 Å². The van der Waals surface area contributed by atoms with Crippen molar-refractivity contribution >= 4 is 23.5 Å². The Balaban J connectivity index is 2.03. The summed E-state index contributed by atoms with van der Waals surface area (Å²) < 4.78 is 10.6. The standard InChI is InChI=1S/C17H21ClO4/c1-2-10-21-16(19)14-8-3-4-9-15(14)17(20)22-13-7-5-6-12(18)11-13/h5-7,11,14-15H,2-4,8-10H2,1H3. The first-order valence-electron chi connectivity index (χ1n) is 7.75. The number of carbonyl (C=O) groups is 2. The van der Waals surface area contributed by atoms with Crippen molar-refractivity contribution in [1.82, 2.24) is 0 Å². The van der Waals surface area contributed by atoms with Gasteiger partial charge >= 0.3 is 11.9 Å². The Morgan fingerprint density at radius 1 is 1.18 bits per heavy atom. The van der Waals surface area contributed by atoms with Crippen molar-refractivity contribution in [2.24, 2.45) is 11.8 Å². The molecule has 1 saturated carbocycles. The van der Waals surface area contributed by atoms with Crippen LogP contribution in [-0.4, -0.2) is 18.5 Å². The minimum Gasteiger partial charge on any atom is -0.465 e. The summed E-state index contributed by atoms with van der Waals surface area (Å²) in [6.45, 7) is 2.34. The van der Waals surface area contributed by atoms with Gasteiger partial charge in [0.25, 0.3) is 0 Å². The molecule has 4 nitrogen and oxygen atoms in total. The average Bonchev–Trinajstić information content (AvgIpc) is 2.52. The van der Waals surface area contributed by atoms with Gasteiger partial charge in [-0.2, -0.15) is 0 Å². The number of hydrogen-bond acceptors (Lipinski definition) is 4. The van der Waals surface area contributed by atoms with Crippen molar-refractivity contribution in [2.45, 2.75) is 39.0 Å². The van der Waals surface area contributed by atoms with Gasteiger partial charge in [0.2, 0.25) is 0 Å². The maximum absolute atomic E-state index is 12.4.